The zero-order valence-electron chi connectivity index (χ0n) is 67.1. The van der Waals surface area contributed by atoms with Gasteiger partial charge in [-0.25, -0.2) is 23.8 Å². The molecule has 8 amide bonds. The Bertz CT molecular complexity index is 4280. The Morgan fingerprint density at radius 2 is 1.34 bits per heavy atom. The number of aromatic nitrogens is 2. The minimum atomic E-state index is -2.13. The smallest absolute Gasteiger partial charge is 0.407 e. The van der Waals surface area contributed by atoms with Gasteiger partial charge in [-0.1, -0.05) is 33.3 Å². The van der Waals surface area contributed by atoms with Gasteiger partial charge in [-0.15, -0.1) is 0 Å². The van der Waals surface area contributed by atoms with Crippen molar-refractivity contribution in [3.8, 4) is 17.1 Å². The van der Waals surface area contributed by atoms with E-state index in [4.69, 9.17) is 61.8 Å². The number of carbonyl (C=O) groups is 10. The summed E-state index contributed by atoms with van der Waals surface area (Å²) >= 11 is 0. The molecule has 1 fully saturated rings. The fourth-order valence-corrected chi connectivity index (χ4v) is 14.0. The third-order valence-corrected chi connectivity index (χ3v) is 20.6. The number of anilines is 1. The molecule has 2 aromatic heterocycles. The molecule has 0 unspecified atom stereocenters. The number of fused-ring (bicyclic) bond motifs is 5. The fraction of sp³-hybridized carbons (Fsp3) is 0.600. The lowest BCUT2D eigenvalue weighted by Crippen LogP contribution is -2.61. The molecule has 1 saturated heterocycles. The molecule has 0 bridgehead atoms. The maximum absolute atomic E-state index is 15.7. The van der Waals surface area contributed by atoms with Crippen molar-refractivity contribution in [2.24, 2.45) is 5.92 Å². The summed E-state index contributed by atoms with van der Waals surface area (Å²) in [5.41, 5.74) is 0.181. The van der Waals surface area contributed by atoms with Crippen molar-refractivity contribution in [2.75, 3.05) is 125 Å². The Labute approximate surface area is 679 Å². The van der Waals surface area contributed by atoms with Crippen molar-refractivity contribution in [3.05, 3.63) is 97.6 Å². The van der Waals surface area contributed by atoms with Crippen LogP contribution in [0.15, 0.2) is 47.3 Å². The van der Waals surface area contributed by atoms with Crippen molar-refractivity contribution >= 4 is 76.0 Å². The van der Waals surface area contributed by atoms with E-state index in [1.807, 2.05) is 0 Å². The number of nitrogens with one attached hydrogen (secondary N) is 6. The number of carboxylic acids is 1. The number of carboxylic acid groups (broad SMARTS) is 1. The maximum atomic E-state index is 15.7. The first-order valence-corrected chi connectivity index (χ1v) is 39.7. The average molecular weight is 1660 g/mol. The van der Waals surface area contributed by atoms with E-state index < -0.39 is 126 Å². The minimum Gasteiger partial charge on any atom is -0.479 e. The molecule has 11 N–H and O–H groups in total. The summed E-state index contributed by atoms with van der Waals surface area (Å²) < 4.78 is 83.0. The summed E-state index contributed by atoms with van der Waals surface area (Å²) in [6.07, 6.45) is -6.26. The lowest BCUT2D eigenvalue weighted by atomic mass is 9.81. The van der Waals surface area contributed by atoms with E-state index in [-0.39, 0.29) is 154 Å². The largest absolute Gasteiger partial charge is 0.479 e. The predicted octanol–water partition coefficient (Wildman–Crippen LogP) is 1.71. The van der Waals surface area contributed by atoms with Gasteiger partial charge in [0.15, 0.2) is 11.7 Å². The van der Waals surface area contributed by atoms with Crippen LogP contribution in [0.3, 0.4) is 0 Å². The molecule has 10 atom stereocenters. The number of carbonyl (C=O) groups excluding carboxylic acids is 9. The minimum absolute atomic E-state index is 0.0436. The molecule has 1 aliphatic carbocycles. The number of methoxy groups -OCH3 is 1. The van der Waals surface area contributed by atoms with Crippen molar-refractivity contribution in [3.63, 3.8) is 0 Å². The number of hydrogen-bond donors (Lipinski definition) is 11. The van der Waals surface area contributed by atoms with Crippen molar-refractivity contribution < 1.29 is 135 Å². The van der Waals surface area contributed by atoms with Crippen molar-refractivity contribution in [1.82, 2.24) is 41.0 Å². The molecule has 0 spiro atoms. The number of unbranched alkanes of at least 4 members (excludes halogenated alkanes) is 3. The average Bonchev–Trinajstić information content (AvgIpc) is 1.53. The number of aliphatic hydroxyl groups excluding tert-OH is 3. The summed E-state index contributed by atoms with van der Waals surface area (Å²) in [6.45, 7) is 12.5. The van der Waals surface area contributed by atoms with Gasteiger partial charge in [0.25, 0.3) is 17.4 Å². The number of cyclic esters (lactones) is 1. The summed E-state index contributed by atoms with van der Waals surface area (Å²) in [5.74, 6) is -8.22. The Hall–Kier alpha value is -9.55. The van der Waals surface area contributed by atoms with E-state index in [9.17, 15) is 78.3 Å². The van der Waals surface area contributed by atoms with E-state index in [1.54, 1.807) is 34.8 Å². The molecule has 37 nitrogen and oxygen atoms in total. The van der Waals surface area contributed by atoms with Crippen LogP contribution in [0.4, 0.5) is 14.9 Å². The number of benzene rings is 2. The molecule has 5 aliphatic rings. The molecule has 6 heterocycles. The summed E-state index contributed by atoms with van der Waals surface area (Å²) in [7, 11) is 1.61. The molecule has 4 aromatic rings. The maximum Gasteiger partial charge on any atom is 0.407 e. The summed E-state index contributed by atoms with van der Waals surface area (Å²) in [4.78, 5) is 152. The van der Waals surface area contributed by atoms with Crippen LogP contribution in [0.5, 0.6) is 5.75 Å². The van der Waals surface area contributed by atoms with Gasteiger partial charge < -0.3 is 119 Å². The van der Waals surface area contributed by atoms with E-state index in [2.05, 4.69) is 31.9 Å². The second kappa shape index (κ2) is 45.0. The van der Waals surface area contributed by atoms with Gasteiger partial charge >= 0.3 is 18.0 Å². The summed E-state index contributed by atoms with van der Waals surface area (Å²) in [6, 6.07) is 1.91. The van der Waals surface area contributed by atoms with E-state index in [1.165, 1.54) is 54.0 Å². The first-order valence-electron chi connectivity index (χ1n) is 39.7. The van der Waals surface area contributed by atoms with E-state index in [0.717, 1.165) is 4.90 Å². The van der Waals surface area contributed by atoms with E-state index >= 15 is 4.39 Å². The van der Waals surface area contributed by atoms with Gasteiger partial charge in [0.1, 0.15) is 61.2 Å². The molecule has 648 valence electrons. The van der Waals surface area contributed by atoms with Gasteiger partial charge in [0.05, 0.1) is 140 Å². The number of rotatable bonds is 50. The lowest BCUT2D eigenvalue weighted by molar-refractivity contribution is -0.271. The number of aliphatic carboxylic acids is 1. The van der Waals surface area contributed by atoms with Crippen molar-refractivity contribution in [1.29, 1.82) is 0 Å². The number of amides is 8. The molecule has 4 aliphatic heterocycles. The first kappa shape index (κ1) is 92.3. The number of imide groups is 1. The Morgan fingerprint density at radius 1 is 0.703 bits per heavy atom. The Kier molecular flexibility index (Phi) is 35.2. The van der Waals surface area contributed by atoms with Crippen LogP contribution in [0, 0.1) is 18.7 Å². The summed E-state index contributed by atoms with van der Waals surface area (Å²) in [5, 5.41) is 70.7. The zero-order chi connectivity index (χ0) is 85.2. The number of hydrogen-bond acceptors (Lipinski definition) is 28. The molecular formula is C80H108FN9O28. The van der Waals surface area contributed by atoms with Crippen LogP contribution >= 0.6 is 0 Å². The molecule has 0 saturated carbocycles. The Balaban J connectivity index is 0.798. The molecule has 38 heteroatoms. The SMILES string of the molecule is CC[C@@]1(O)C(=O)OCc2c1cc1n(c2=O)Cc2c-1nc1cc(F)c(C)c3c1c2[C@@H](NC(=O)OCc1ccc(NC(=O)[C@H](C)NC(=O)[C@@H](NC(=O)[C@H](CCCCNC(=O)CCCCCN2C(=O)C=CC2=O)NC(=O)CCOCCOCCOCCOCCOCCOCCOCCOC)C(C)C)c(O[C@@H]2O[C@H](C(=O)O)[C@@H](O)[C@H](O)[C@H]2O)c1)CC3. The number of halogens is 1. The van der Waals surface area contributed by atoms with Crippen LogP contribution in [-0.2, 0) is 127 Å². The standard InChI is InChI=1S/C80H108FN9O28/c1-7-80(106)52-40-58-67-50(42-90(58)75(101)51(52)44-115-78(80)104)65-55(18-16-49-46(4)53(81)41-57(85-67)64(49)65)87-79(105)116-43-48-15-17-54(59(39-48)117-77-70(97)68(95)69(96)71(118-77)76(102)103)86-72(98)47(5)83-74(100)66(45(2)3)88-73(99)56(13-10-11-22-82-60(91)14-9-8-12-23-89-62(93)19-20-63(89)94)84-61(92)21-24-108-27-28-110-31-32-112-35-36-114-38-37-113-34-33-111-30-29-109-26-25-107-6/h15,17,19-20,39-41,45,47,55-56,66,68-71,77,95-97,106H,7-14,16,18,21-38,42-44H2,1-6H3,(H,82,91)(H,83,100)(H,84,92)(H,86,98)(H,87,105)(H,88,99)(H,102,103)/t47-,55-,56-,66-,68-,69-,70+,71-,77+,80-/m0/s1. The fourth-order valence-electron chi connectivity index (χ4n) is 14.0. The monoisotopic (exact) mass is 1660 g/mol. The number of ether oxygens (including phenoxy) is 12. The molecular weight excluding hydrogens is 1550 g/mol. The highest BCUT2D eigenvalue weighted by molar-refractivity contribution is 6.13. The molecule has 0 radical (unpaired) electrons. The van der Waals surface area contributed by atoms with Crippen LogP contribution in [0.2, 0.25) is 0 Å². The van der Waals surface area contributed by atoms with Crippen LogP contribution < -0.4 is 42.2 Å². The van der Waals surface area contributed by atoms with Crippen LogP contribution in [0.25, 0.3) is 22.3 Å². The predicted molar refractivity (Wildman–Crippen MR) is 413 cm³/mol. The lowest BCUT2D eigenvalue weighted by Gasteiger charge is -2.38. The number of esters is 1. The number of alkyl carbamates (subject to hydrolysis) is 1. The van der Waals surface area contributed by atoms with Gasteiger partial charge in [-0.2, -0.15) is 0 Å². The number of aryl methyl sites for hydroxylation is 1. The van der Waals surface area contributed by atoms with Crippen LogP contribution in [0.1, 0.15) is 137 Å². The van der Waals surface area contributed by atoms with Crippen molar-refractivity contribution in [2.45, 2.75) is 185 Å². The second-order valence-electron chi connectivity index (χ2n) is 29.2. The molecule has 2 aromatic carbocycles. The van der Waals surface area contributed by atoms with Gasteiger partial charge in [-0.3, -0.25) is 43.3 Å². The zero-order valence-corrected chi connectivity index (χ0v) is 67.1. The van der Waals surface area contributed by atoms with Crippen LogP contribution in [-0.4, -0.2) is 267 Å². The Morgan fingerprint density at radius 3 is 1.96 bits per heavy atom. The highest BCUT2D eigenvalue weighted by atomic mass is 19.1. The highest BCUT2D eigenvalue weighted by Crippen LogP contribution is 2.46. The molecule has 118 heavy (non-hydrogen) atoms. The third-order valence-electron chi connectivity index (χ3n) is 20.6. The topological polar surface area (TPSA) is 493 Å². The third kappa shape index (κ3) is 24.6. The quantitative estimate of drug-likeness (QED) is 0.0150. The molecule has 9 rings (SSSR count). The number of pyridine rings is 2. The number of aliphatic hydroxyl groups is 4. The van der Waals surface area contributed by atoms with Gasteiger partial charge in [-0.05, 0) is 112 Å². The van der Waals surface area contributed by atoms with Gasteiger partial charge in [0.2, 0.25) is 35.8 Å². The van der Waals surface area contributed by atoms with Gasteiger partial charge in [0, 0.05) is 67.8 Å². The number of nitrogens with zero attached hydrogens (tertiary/aromatic N) is 3. The highest BCUT2D eigenvalue weighted by Gasteiger charge is 2.49. The normalized spacial score (nSPS) is 19.9. The first-order chi connectivity index (χ1) is 56.6. The van der Waals surface area contributed by atoms with E-state index in [0.29, 0.717) is 132 Å². The second-order valence-corrected chi connectivity index (χ2v) is 29.2.